The van der Waals surface area contributed by atoms with Crippen molar-refractivity contribution in [3.63, 3.8) is 0 Å². The first kappa shape index (κ1) is 18.5. The average molecular weight is 390 g/mol. The predicted octanol–water partition coefficient (Wildman–Crippen LogP) is 4.61. The number of nitrogens with zero attached hydrogens (tertiary/aromatic N) is 2. The van der Waals surface area contributed by atoms with E-state index in [1.807, 2.05) is 0 Å². The van der Waals surface area contributed by atoms with Crippen LogP contribution in [-0.4, -0.2) is 15.8 Å². The van der Waals surface area contributed by atoms with Crippen LogP contribution in [0.15, 0.2) is 53.1 Å². The minimum atomic E-state index is -0.965. The Morgan fingerprint density at radius 3 is 2.70 bits per heavy atom. The van der Waals surface area contributed by atoms with E-state index in [0.717, 1.165) is 17.7 Å². The van der Waals surface area contributed by atoms with E-state index >= 15 is 0 Å². The molecule has 138 valence electrons. The fraction of sp³-hybridized carbons (Fsp3) is 0.111. The van der Waals surface area contributed by atoms with Crippen molar-refractivity contribution >= 4 is 28.9 Å². The van der Waals surface area contributed by atoms with Crippen molar-refractivity contribution in [2.24, 2.45) is 0 Å². The number of amides is 1. The maximum absolute atomic E-state index is 13.3. The van der Waals surface area contributed by atoms with E-state index in [0.29, 0.717) is 16.7 Å². The molecule has 27 heavy (non-hydrogen) atoms. The number of nitro benzene ring substituents is 1. The maximum atomic E-state index is 13.3. The highest BCUT2D eigenvalue weighted by Crippen LogP contribution is 2.24. The highest BCUT2D eigenvalue weighted by Gasteiger charge is 2.16. The van der Waals surface area contributed by atoms with Crippen molar-refractivity contribution in [1.82, 2.24) is 4.98 Å². The van der Waals surface area contributed by atoms with Crippen LogP contribution in [0.4, 0.5) is 15.8 Å². The van der Waals surface area contributed by atoms with Gasteiger partial charge in [0.25, 0.3) is 0 Å². The van der Waals surface area contributed by atoms with Gasteiger partial charge >= 0.3 is 5.69 Å². The van der Waals surface area contributed by atoms with E-state index in [1.54, 1.807) is 30.5 Å². The number of nitrogens with one attached hydrogen (secondary N) is 1. The van der Waals surface area contributed by atoms with E-state index in [4.69, 9.17) is 16.0 Å². The molecule has 7 nitrogen and oxygen atoms in total. The molecule has 9 heteroatoms. The summed E-state index contributed by atoms with van der Waals surface area (Å²) in [4.78, 5) is 26.0. The normalized spacial score (nSPS) is 10.6. The molecule has 0 bridgehead atoms. The van der Waals surface area contributed by atoms with Gasteiger partial charge in [0.15, 0.2) is 11.7 Å². The lowest BCUT2D eigenvalue weighted by Crippen LogP contribution is -2.12. The van der Waals surface area contributed by atoms with Gasteiger partial charge in [-0.1, -0.05) is 11.6 Å². The van der Waals surface area contributed by atoms with Gasteiger partial charge in [-0.15, -0.1) is 0 Å². The molecule has 0 atom stereocenters. The standard InChI is InChI=1S/C18H13ClFN3O4/c19-12-3-1-11(2-4-12)16-10-21-18(27-16)8-7-17(24)22-13-5-6-14(20)15(9-13)23(25)26/h1-6,9-10H,7-8H2,(H,22,24). The average Bonchev–Trinajstić information content (AvgIpc) is 3.11. The molecule has 0 aliphatic carbocycles. The van der Waals surface area contributed by atoms with Crippen molar-refractivity contribution in [3.05, 3.63) is 75.5 Å². The number of anilines is 1. The van der Waals surface area contributed by atoms with Crippen molar-refractivity contribution in [2.45, 2.75) is 12.8 Å². The summed E-state index contributed by atoms with van der Waals surface area (Å²) >= 11 is 5.84. The number of aryl methyl sites for hydroxylation is 1. The molecule has 0 unspecified atom stereocenters. The number of carbonyl (C=O) groups is 1. The first-order valence-electron chi connectivity index (χ1n) is 7.87. The van der Waals surface area contributed by atoms with Crippen LogP contribution in [0, 0.1) is 15.9 Å². The molecule has 0 saturated carbocycles. The molecular weight excluding hydrogens is 377 g/mol. The van der Waals surface area contributed by atoms with Crippen molar-refractivity contribution < 1.29 is 18.5 Å². The Kier molecular flexibility index (Phi) is 5.46. The molecule has 2 aromatic carbocycles. The minimum Gasteiger partial charge on any atom is -0.441 e. The lowest BCUT2D eigenvalue weighted by Gasteiger charge is -2.04. The van der Waals surface area contributed by atoms with Crippen LogP contribution in [0.25, 0.3) is 11.3 Å². The van der Waals surface area contributed by atoms with E-state index < -0.39 is 22.3 Å². The Labute approximate surface area is 157 Å². The molecule has 0 radical (unpaired) electrons. The monoisotopic (exact) mass is 389 g/mol. The maximum Gasteiger partial charge on any atom is 0.306 e. The van der Waals surface area contributed by atoms with Gasteiger partial charge in [0.2, 0.25) is 11.7 Å². The second-order valence-corrected chi connectivity index (χ2v) is 6.03. The summed E-state index contributed by atoms with van der Waals surface area (Å²) < 4.78 is 18.9. The molecular formula is C18H13ClFN3O4. The Morgan fingerprint density at radius 2 is 2.00 bits per heavy atom. The second kappa shape index (κ2) is 7.96. The van der Waals surface area contributed by atoms with Gasteiger partial charge in [0, 0.05) is 35.2 Å². The molecule has 0 fully saturated rings. The molecule has 1 amide bonds. The van der Waals surface area contributed by atoms with Gasteiger partial charge in [-0.2, -0.15) is 4.39 Å². The lowest BCUT2D eigenvalue weighted by molar-refractivity contribution is -0.387. The topological polar surface area (TPSA) is 98.3 Å². The second-order valence-electron chi connectivity index (χ2n) is 5.60. The molecule has 0 aliphatic heterocycles. The van der Waals surface area contributed by atoms with Gasteiger partial charge < -0.3 is 9.73 Å². The minimum absolute atomic E-state index is 0.0474. The lowest BCUT2D eigenvalue weighted by atomic mass is 10.2. The SMILES string of the molecule is O=C(CCc1ncc(-c2ccc(Cl)cc2)o1)Nc1ccc(F)c([N+](=O)[O-])c1. The third kappa shape index (κ3) is 4.68. The Morgan fingerprint density at radius 1 is 1.26 bits per heavy atom. The highest BCUT2D eigenvalue weighted by molar-refractivity contribution is 6.30. The Balaban J connectivity index is 1.59. The third-order valence-corrected chi connectivity index (χ3v) is 3.93. The van der Waals surface area contributed by atoms with Gasteiger partial charge in [0.05, 0.1) is 11.1 Å². The smallest absolute Gasteiger partial charge is 0.306 e. The van der Waals surface area contributed by atoms with Crippen LogP contribution in [0.5, 0.6) is 0 Å². The molecule has 0 aliphatic rings. The summed E-state index contributed by atoms with van der Waals surface area (Å²) in [5.74, 6) is -0.439. The highest BCUT2D eigenvalue weighted by atomic mass is 35.5. The summed E-state index contributed by atoms with van der Waals surface area (Å²) in [6.07, 6.45) is 1.84. The number of rotatable bonds is 6. The van der Waals surface area contributed by atoms with Crippen LogP contribution in [-0.2, 0) is 11.2 Å². The van der Waals surface area contributed by atoms with E-state index in [-0.39, 0.29) is 18.5 Å². The molecule has 1 heterocycles. The van der Waals surface area contributed by atoms with Crippen molar-refractivity contribution in [1.29, 1.82) is 0 Å². The van der Waals surface area contributed by atoms with Crippen molar-refractivity contribution in [2.75, 3.05) is 5.32 Å². The fourth-order valence-corrected chi connectivity index (χ4v) is 2.47. The van der Waals surface area contributed by atoms with Crippen molar-refractivity contribution in [3.8, 4) is 11.3 Å². The molecule has 1 N–H and O–H groups in total. The summed E-state index contributed by atoms with van der Waals surface area (Å²) in [6, 6.07) is 10.2. The Hall–Kier alpha value is -3.26. The number of hydrogen-bond acceptors (Lipinski definition) is 5. The van der Waals surface area contributed by atoms with Crippen LogP contribution in [0.3, 0.4) is 0 Å². The number of carbonyl (C=O) groups excluding carboxylic acids is 1. The van der Waals surface area contributed by atoms with Gasteiger partial charge in [0.1, 0.15) is 0 Å². The van der Waals surface area contributed by atoms with Crippen LogP contribution >= 0.6 is 11.6 Å². The fourth-order valence-electron chi connectivity index (χ4n) is 2.35. The van der Waals surface area contributed by atoms with E-state index in [2.05, 4.69) is 10.3 Å². The zero-order valence-corrected chi connectivity index (χ0v) is 14.6. The zero-order chi connectivity index (χ0) is 19.4. The van der Waals surface area contributed by atoms with Gasteiger partial charge in [-0.3, -0.25) is 14.9 Å². The van der Waals surface area contributed by atoms with Crippen LogP contribution in [0.2, 0.25) is 5.02 Å². The summed E-state index contributed by atoms with van der Waals surface area (Å²) in [5.41, 5.74) is 0.247. The predicted molar refractivity (Wildman–Crippen MR) is 97.0 cm³/mol. The molecule has 0 spiro atoms. The third-order valence-electron chi connectivity index (χ3n) is 3.67. The number of nitro groups is 1. The zero-order valence-electron chi connectivity index (χ0n) is 13.8. The summed E-state index contributed by atoms with van der Waals surface area (Å²) in [5, 5.41) is 13.8. The summed E-state index contributed by atoms with van der Waals surface area (Å²) in [7, 11) is 0. The largest absolute Gasteiger partial charge is 0.441 e. The number of hydrogen-bond donors (Lipinski definition) is 1. The van der Waals surface area contributed by atoms with E-state index in [1.165, 1.54) is 6.07 Å². The molecule has 3 rings (SSSR count). The van der Waals surface area contributed by atoms with Gasteiger partial charge in [-0.25, -0.2) is 4.98 Å². The number of benzene rings is 2. The number of aromatic nitrogens is 1. The quantitative estimate of drug-likeness (QED) is 0.490. The van der Waals surface area contributed by atoms with E-state index in [9.17, 15) is 19.3 Å². The first-order valence-corrected chi connectivity index (χ1v) is 8.24. The summed E-state index contributed by atoms with van der Waals surface area (Å²) in [6.45, 7) is 0. The molecule has 3 aromatic rings. The molecule has 1 aromatic heterocycles. The number of oxazole rings is 1. The number of halogens is 2. The first-order chi connectivity index (χ1) is 12.9. The van der Waals surface area contributed by atoms with Gasteiger partial charge in [-0.05, 0) is 36.4 Å². The van der Waals surface area contributed by atoms with Crippen LogP contribution < -0.4 is 5.32 Å². The molecule has 0 saturated heterocycles. The van der Waals surface area contributed by atoms with Crippen LogP contribution in [0.1, 0.15) is 12.3 Å². The Bertz CT molecular complexity index is 989.